The molecule has 0 aromatic heterocycles. The standard InChI is InChI=1S/C35H64O3Si2/c1-14-20-34-22-17-26(38-40(12,13)32(6,7)8)24-35(34,36)23-18-27-29-16-15-28(33(29,9)21-19-30(27)34)25(2)37-39(10,11)31(3,4)5/h1,25-30,36H,15-24H2,2-13H3/t25?,26-,27-,28+,29-,30-,33+,34+,35+/m0/s1. The number of terminal acetylenes is 1. The third kappa shape index (κ3) is 5.27. The van der Waals surface area contributed by atoms with Crippen LogP contribution in [0.5, 0.6) is 0 Å². The van der Waals surface area contributed by atoms with Crippen molar-refractivity contribution >= 4 is 16.6 Å². The van der Waals surface area contributed by atoms with E-state index in [-0.39, 0.29) is 21.6 Å². The van der Waals surface area contributed by atoms with Crippen molar-refractivity contribution in [3.63, 3.8) is 0 Å². The van der Waals surface area contributed by atoms with E-state index in [1.54, 1.807) is 0 Å². The minimum atomic E-state index is -1.89. The second-order valence-electron chi connectivity index (χ2n) is 18.0. The van der Waals surface area contributed by atoms with Gasteiger partial charge in [-0.2, -0.15) is 0 Å². The zero-order valence-corrected chi connectivity index (χ0v) is 30.4. The molecule has 1 unspecified atom stereocenters. The van der Waals surface area contributed by atoms with Crippen molar-refractivity contribution in [3.05, 3.63) is 0 Å². The van der Waals surface area contributed by atoms with E-state index in [2.05, 4.69) is 87.5 Å². The summed E-state index contributed by atoms with van der Waals surface area (Å²) in [6.07, 6.45) is 17.2. The molecule has 1 N–H and O–H groups in total. The fourth-order valence-electron chi connectivity index (χ4n) is 9.79. The molecule has 9 atom stereocenters. The lowest BCUT2D eigenvalue weighted by atomic mass is 9.42. The van der Waals surface area contributed by atoms with Crippen LogP contribution in [0.15, 0.2) is 0 Å². The maximum absolute atomic E-state index is 12.6. The molecule has 0 amide bonds. The number of fused-ring (bicyclic) bond motifs is 5. The van der Waals surface area contributed by atoms with Gasteiger partial charge in [-0.25, -0.2) is 0 Å². The molecule has 0 saturated heterocycles. The topological polar surface area (TPSA) is 38.7 Å². The van der Waals surface area contributed by atoms with Gasteiger partial charge in [0, 0.05) is 30.5 Å². The van der Waals surface area contributed by atoms with Crippen molar-refractivity contribution in [3.8, 4) is 12.3 Å². The normalized spacial score (nSPS) is 41.5. The zero-order valence-electron chi connectivity index (χ0n) is 28.4. The molecule has 4 aliphatic rings. The highest BCUT2D eigenvalue weighted by atomic mass is 28.4. The summed E-state index contributed by atoms with van der Waals surface area (Å²) in [5.41, 5.74) is -0.519. The number of aliphatic hydroxyl groups is 1. The molecule has 0 radical (unpaired) electrons. The highest BCUT2D eigenvalue weighted by Gasteiger charge is 2.66. The lowest BCUT2D eigenvalue weighted by molar-refractivity contribution is -0.225. The van der Waals surface area contributed by atoms with Crippen molar-refractivity contribution in [1.82, 2.24) is 0 Å². The molecule has 230 valence electrons. The van der Waals surface area contributed by atoms with E-state index in [0.717, 1.165) is 44.4 Å². The van der Waals surface area contributed by atoms with Crippen molar-refractivity contribution in [2.45, 2.75) is 174 Å². The summed E-state index contributed by atoms with van der Waals surface area (Å²) in [6, 6.07) is 0. The van der Waals surface area contributed by atoms with E-state index in [0.29, 0.717) is 29.3 Å². The lowest BCUT2D eigenvalue weighted by Crippen LogP contribution is -2.65. The molecule has 4 rings (SSSR count). The molecule has 4 aliphatic carbocycles. The molecule has 4 fully saturated rings. The second kappa shape index (κ2) is 10.5. The molecule has 0 aliphatic heterocycles. The van der Waals surface area contributed by atoms with Crippen molar-refractivity contribution in [2.24, 2.45) is 34.5 Å². The van der Waals surface area contributed by atoms with Crippen LogP contribution >= 0.6 is 0 Å². The van der Waals surface area contributed by atoms with Crippen molar-refractivity contribution in [2.75, 3.05) is 0 Å². The third-order valence-corrected chi connectivity index (χ3v) is 23.2. The highest BCUT2D eigenvalue weighted by molar-refractivity contribution is 6.74. The van der Waals surface area contributed by atoms with Gasteiger partial charge < -0.3 is 14.0 Å². The van der Waals surface area contributed by atoms with Gasteiger partial charge in [0.1, 0.15) is 0 Å². The first-order chi connectivity index (χ1) is 18.1. The Bertz CT molecular complexity index is 971. The van der Waals surface area contributed by atoms with Crippen LogP contribution in [0.4, 0.5) is 0 Å². The molecular formula is C35H64O3Si2. The van der Waals surface area contributed by atoms with E-state index in [9.17, 15) is 5.11 Å². The lowest BCUT2D eigenvalue weighted by Gasteiger charge is -2.65. The average molecular weight is 589 g/mol. The van der Waals surface area contributed by atoms with Gasteiger partial charge in [-0.3, -0.25) is 0 Å². The van der Waals surface area contributed by atoms with E-state index >= 15 is 0 Å². The fraction of sp³-hybridized carbons (Fsp3) is 0.943. The Kier molecular flexibility index (Phi) is 8.60. The van der Waals surface area contributed by atoms with Gasteiger partial charge in [0.25, 0.3) is 0 Å². The van der Waals surface area contributed by atoms with E-state index in [1.165, 1.54) is 25.7 Å². The van der Waals surface area contributed by atoms with Gasteiger partial charge in [0.15, 0.2) is 16.6 Å². The first kappa shape index (κ1) is 32.8. The zero-order chi connectivity index (χ0) is 30.2. The van der Waals surface area contributed by atoms with Crippen LogP contribution in [0.1, 0.15) is 120 Å². The van der Waals surface area contributed by atoms with Crippen LogP contribution in [-0.2, 0) is 8.85 Å². The molecule has 0 spiro atoms. The summed E-state index contributed by atoms with van der Waals surface area (Å²) in [4.78, 5) is 0. The summed E-state index contributed by atoms with van der Waals surface area (Å²) in [6.45, 7) is 28.5. The Labute approximate surface area is 250 Å². The highest BCUT2D eigenvalue weighted by Crippen LogP contribution is 2.70. The first-order valence-electron chi connectivity index (χ1n) is 16.7. The summed E-state index contributed by atoms with van der Waals surface area (Å²) < 4.78 is 14.0. The molecule has 40 heavy (non-hydrogen) atoms. The first-order valence-corrected chi connectivity index (χ1v) is 22.5. The van der Waals surface area contributed by atoms with Gasteiger partial charge in [0.2, 0.25) is 0 Å². The maximum Gasteiger partial charge on any atom is 0.192 e. The van der Waals surface area contributed by atoms with Gasteiger partial charge in [-0.05, 0) is 124 Å². The monoisotopic (exact) mass is 588 g/mol. The minimum absolute atomic E-state index is 0.152. The number of rotatable bonds is 6. The SMILES string of the molecule is C#CC[C@]12CC[C@H](O[Si](C)(C)C(C)(C)C)C[C@]1(O)CC[C@H]1[C@@H]3CC[C@H](C(C)O[Si](C)(C)C(C)(C)C)[C@@]3(C)CC[C@@H]12. The van der Waals surface area contributed by atoms with Crippen molar-refractivity contribution in [1.29, 1.82) is 0 Å². The van der Waals surface area contributed by atoms with Gasteiger partial charge in [-0.15, -0.1) is 12.3 Å². The largest absolute Gasteiger partial charge is 0.414 e. The molecule has 4 saturated carbocycles. The van der Waals surface area contributed by atoms with Gasteiger partial charge in [-0.1, -0.05) is 48.5 Å². The third-order valence-electron chi connectivity index (χ3n) is 14.1. The molecule has 0 bridgehead atoms. The second-order valence-corrected chi connectivity index (χ2v) is 27.6. The summed E-state index contributed by atoms with van der Waals surface area (Å²) in [7, 11) is -3.71. The van der Waals surface area contributed by atoms with Crippen LogP contribution in [0.2, 0.25) is 36.3 Å². The Morgan fingerprint density at radius 3 is 2.08 bits per heavy atom. The maximum atomic E-state index is 12.6. The molecule has 0 heterocycles. The predicted molar refractivity (Wildman–Crippen MR) is 174 cm³/mol. The van der Waals surface area contributed by atoms with E-state index < -0.39 is 22.2 Å². The summed E-state index contributed by atoms with van der Waals surface area (Å²) in [5.74, 6) is 5.66. The minimum Gasteiger partial charge on any atom is -0.414 e. The van der Waals surface area contributed by atoms with E-state index in [4.69, 9.17) is 15.3 Å². The quantitative estimate of drug-likeness (QED) is 0.248. The van der Waals surface area contributed by atoms with Gasteiger partial charge in [0.05, 0.1) is 5.60 Å². The molecular weight excluding hydrogens is 525 g/mol. The average Bonchev–Trinajstić information content (AvgIpc) is 3.15. The van der Waals surface area contributed by atoms with Crippen LogP contribution in [0, 0.1) is 46.8 Å². The smallest absolute Gasteiger partial charge is 0.192 e. The van der Waals surface area contributed by atoms with Crippen LogP contribution in [0.25, 0.3) is 0 Å². The summed E-state index contributed by atoms with van der Waals surface area (Å²) >= 11 is 0. The van der Waals surface area contributed by atoms with E-state index in [1.807, 2.05) is 0 Å². The molecule has 5 heteroatoms. The Morgan fingerprint density at radius 1 is 0.875 bits per heavy atom. The Balaban J connectivity index is 1.56. The Hall–Kier alpha value is -0.126. The fourth-order valence-corrected chi connectivity index (χ4v) is 12.6. The van der Waals surface area contributed by atoms with Crippen molar-refractivity contribution < 1.29 is 14.0 Å². The predicted octanol–water partition coefficient (Wildman–Crippen LogP) is 9.56. The van der Waals surface area contributed by atoms with Crippen LogP contribution in [0.3, 0.4) is 0 Å². The Morgan fingerprint density at radius 2 is 1.50 bits per heavy atom. The number of hydrogen-bond acceptors (Lipinski definition) is 3. The molecule has 0 aromatic rings. The van der Waals surface area contributed by atoms with Gasteiger partial charge >= 0.3 is 0 Å². The molecule has 3 nitrogen and oxygen atoms in total. The molecule has 0 aromatic carbocycles. The van der Waals surface area contributed by atoms with Crippen LogP contribution < -0.4 is 0 Å². The summed E-state index contributed by atoms with van der Waals surface area (Å²) in [5, 5.41) is 13.0. The number of hydrogen-bond donors (Lipinski definition) is 1. The van der Waals surface area contributed by atoms with Crippen LogP contribution in [-0.4, -0.2) is 39.6 Å².